The van der Waals surface area contributed by atoms with Crippen molar-refractivity contribution in [2.75, 3.05) is 14.1 Å². The third-order valence-corrected chi connectivity index (χ3v) is 21.3. The molecule has 6 aromatic carbocycles. The van der Waals surface area contributed by atoms with E-state index in [2.05, 4.69) is 10.3 Å². The van der Waals surface area contributed by atoms with Gasteiger partial charge in [-0.3, -0.25) is 95.3 Å². The Kier molecular flexibility index (Phi) is 21.1. The number of ether oxygens (including phenoxy) is 5. The number of nitro benzene ring substituents is 8. The largest absolute Gasteiger partial charge is 0.508 e. The van der Waals surface area contributed by atoms with E-state index in [-0.39, 0.29) is 77.8 Å². The van der Waals surface area contributed by atoms with Crippen molar-refractivity contribution in [3.8, 4) is 56.5 Å². The maximum atomic E-state index is 14.1. The number of halogens is 1. The molecule has 48 heteroatoms. The molecule has 0 spiro atoms. The number of non-ortho nitro benzene ring substituents is 4. The Morgan fingerprint density at radius 2 is 0.903 bits per heavy atom. The lowest BCUT2D eigenvalue weighted by molar-refractivity contribution is -0.395. The molecule has 16 rings (SSSR count). The average molecular weight is 1720 g/mol. The van der Waals surface area contributed by atoms with Crippen LogP contribution in [0.2, 0.25) is 0 Å². The van der Waals surface area contributed by atoms with Crippen molar-refractivity contribution < 1.29 is 102 Å². The Bertz CT molecular complexity index is 6680. The van der Waals surface area contributed by atoms with Gasteiger partial charge in [-0.15, -0.1) is 12.4 Å². The van der Waals surface area contributed by atoms with Gasteiger partial charge in [0, 0.05) is 91.7 Å². The smallest absolute Gasteiger partial charge is 0.355 e. The number of benzene rings is 6. The molecule has 2 radical (unpaired) electrons. The number of pyridine rings is 4. The first kappa shape index (κ1) is 84.1. The first-order valence-corrected chi connectivity index (χ1v) is 36.2. The number of carbonyl (C=O) groups is 5. The highest BCUT2D eigenvalue weighted by molar-refractivity contribution is 6.55. The number of rotatable bonds is 21. The first-order chi connectivity index (χ1) is 58.3. The molecule has 4 aliphatic heterocycles. The molecule has 124 heavy (non-hydrogen) atoms. The lowest BCUT2D eigenvalue weighted by Gasteiger charge is -2.36. The lowest BCUT2D eigenvalue weighted by Crippen LogP contribution is -2.48. The van der Waals surface area contributed by atoms with E-state index >= 15 is 0 Å². The van der Waals surface area contributed by atoms with Crippen LogP contribution in [0.15, 0.2) is 123 Å². The van der Waals surface area contributed by atoms with Gasteiger partial charge in [0.2, 0.25) is 37.1 Å². The van der Waals surface area contributed by atoms with Crippen molar-refractivity contribution in [1.82, 2.24) is 24.0 Å². The van der Waals surface area contributed by atoms with Crippen molar-refractivity contribution in [3.63, 3.8) is 0 Å². The molecule has 0 saturated heterocycles. The maximum Gasteiger partial charge on any atom is 0.355 e. The predicted molar refractivity (Wildman–Crippen MR) is 424 cm³/mol. The van der Waals surface area contributed by atoms with Crippen LogP contribution in [-0.4, -0.2) is 144 Å². The minimum absolute atomic E-state index is 0. The second-order valence-electron chi connectivity index (χ2n) is 28.6. The van der Waals surface area contributed by atoms with Gasteiger partial charge in [-0.2, -0.15) is 0 Å². The summed E-state index contributed by atoms with van der Waals surface area (Å²) in [5.74, 6) is -5.37. The number of carbonyl (C=O) groups excluding carboxylic acids is 5. The van der Waals surface area contributed by atoms with Crippen LogP contribution in [-0.2, 0) is 91.9 Å². The van der Waals surface area contributed by atoms with Crippen molar-refractivity contribution in [2.45, 2.75) is 96.8 Å². The number of aromatic hydroxyl groups is 1. The fourth-order valence-electron chi connectivity index (χ4n) is 15.6. The van der Waals surface area contributed by atoms with Gasteiger partial charge < -0.3 is 52.5 Å². The van der Waals surface area contributed by atoms with E-state index in [0.717, 1.165) is 38.1 Å². The van der Waals surface area contributed by atoms with Gasteiger partial charge in [-0.25, -0.2) is 29.1 Å². The van der Waals surface area contributed by atoms with E-state index in [1.807, 2.05) is 25.1 Å². The second kappa shape index (κ2) is 31.1. The summed E-state index contributed by atoms with van der Waals surface area (Å²) >= 11 is 0. The summed E-state index contributed by atoms with van der Waals surface area (Å²) in [5, 5.41) is 116. The molecule has 0 saturated carbocycles. The van der Waals surface area contributed by atoms with Crippen molar-refractivity contribution in [1.29, 1.82) is 0 Å². The topological polar surface area (TPSA) is 613 Å². The molecule has 628 valence electrons. The molecule has 4 atom stereocenters. The summed E-state index contributed by atoms with van der Waals surface area (Å²) in [7, 11) is 8.83. The van der Waals surface area contributed by atoms with E-state index in [1.54, 1.807) is 18.2 Å². The van der Waals surface area contributed by atoms with Crippen LogP contribution >= 0.6 is 12.4 Å². The number of oxime groups is 2. The van der Waals surface area contributed by atoms with Gasteiger partial charge in [0.25, 0.3) is 56.6 Å². The molecule has 0 unspecified atom stereocenters. The molecular weight excluding hydrogens is 1670 g/mol. The van der Waals surface area contributed by atoms with Gasteiger partial charge >= 0.3 is 23.9 Å². The van der Waals surface area contributed by atoms with Gasteiger partial charge in [0.1, 0.15) is 36.1 Å². The van der Waals surface area contributed by atoms with Gasteiger partial charge in [0.05, 0.1) is 144 Å². The van der Waals surface area contributed by atoms with E-state index < -0.39 is 218 Å². The SMILES string of the molecule is CC[C@@]1(OC(=O)[C@@H](C)ON=C2c3cc([N+](=O)[O-])cc([N+](=O)[O-])c3-c3c2cc([N+](=O)[O-])cc3[N+](=O)[O-])C(=O)OCc2c1cc1n(c2=O)Cc2cc3c(CN(C)C)c(O)ccc3nc2-1.Cl.[B]C(=O)Oc1ccc2nc3c(cc2c1)Cn1c-3cc2c(c1=O)COC(=O)[C@@]2(CC)OC(=O)[C@@H](C)ON=C1c2cc([N+](=O)[O-])cc([N+](=O)[O-])c2-c2c1cc([N+](=O)[O-])cc2[N+](=O)[O-]. The number of phenols is 1. The highest BCUT2D eigenvalue weighted by atomic mass is 35.5. The fourth-order valence-corrected chi connectivity index (χ4v) is 15.6. The number of nitrogens with zero attached hydrogens (tertiary/aromatic N) is 15. The number of esters is 4. The number of aromatic nitrogens is 4. The lowest BCUT2D eigenvalue weighted by atomic mass is 9.85. The maximum absolute atomic E-state index is 14.1. The summed E-state index contributed by atoms with van der Waals surface area (Å²) in [5.41, 5.74) is -13.5. The van der Waals surface area contributed by atoms with Crippen LogP contribution in [0, 0.1) is 80.9 Å². The summed E-state index contributed by atoms with van der Waals surface area (Å²) in [6.07, 6.45) is -4.06. The highest BCUT2D eigenvalue weighted by Crippen LogP contribution is 2.54. The normalized spacial score (nSPS) is 15.9. The third-order valence-electron chi connectivity index (χ3n) is 21.3. The summed E-state index contributed by atoms with van der Waals surface area (Å²) in [4.78, 5) is 205. The molecule has 4 aromatic heterocycles. The van der Waals surface area contributed by atoms with Crippen LogP contribution in [0.3, 0.4) is 0 Å². The number of fused-ring (bicyclic) bond motifs is 16. The molecule has 10 aromatic rings. The first-order valence-electron chi connectivity index (χ1n) is 36.2. The summed E-state index contributed by atoms with van der Waals surface area (Å²) < 4.78 is 30.3. The van der Waals surface area contributed by atoms with Gasteiger partial charge in [-0.1, -0.05) is 24.2 Å². The van der Waals surface area contributed by atoms with E-state index in [9.17, 15) is 120 Å². The zero-order chi connectivity index (χ0) is 88.5. The van der Waals surface area contributed by atoms with Crippen molar-refractivity contribution in [2.24, 2.45) is 10.3 Å². The second-order valence-corrected chi connectivity index (χ2v) is 28.6. The Balaban J connectivity index is 0.000000200. The Morgan fingerprint density at radius 3 is 1.26 bits per heavy atom. The molecule has 2 aliphatic carbocycles. The minimum atomic E-state index is -2.24. The Labute approximate surface area is 695 Å². The molecule has 6 aliphatic rings. The van der Waals surface area contributed by atoms with Crippen LogP contribution in [0.1, 0.15) is 102 Å². The minimum Gasteiger partial charge on any atom is -0.508 e. The molecule has 8 heterocycles. The van der Waals surface area contributed by atoms with Gasteiger partial charge in [0.15, 0.2) is 0 Å². The van der Waals surface area contributed by atoms with Crippen LogP contribution < -0.4 is 15.9 Å². The fraction of sp³-hybridized carbons (Fsp3) is 0.224. The number of nitro groups is 8. The van der Waals surface area contributed by atoms with Crippen molar-refractivity contribution in [3.05, 3.63) is 266 Å². The number of hydrogen-bond acceptors (Lipinski definition) is 36. The van der Waals surface area contributed by atoms with Crippen LogP contribution in [0.25, 0.3) is 66.8 Å². The van der Waals surface area contributed by atoms with E-state index in [4.69, 9.17) is 51.2 Å². The van der Waals surface area contributed by atoms with E-state index in [1.165, 1.54) is 53.3 Å². The monoisotopic (exact) mass is 1720 g/mol. The number of phenolic OH excluding ortho intramolecular Hbond substituents is 1. The van der Waals surface area contributed by atoms with Crippen LogP contribution in [0.5, 0.6) is 11.5 Å². The van der Waals surface area contributed by atoms with Crippen LogP contribution in [0.4, 0.5) is 50.3 Å². The Morgan fingerprint density at radius 1 is 0.532 bits per heavy atom. The van der Waals surface area contributed by atoms with E-state index in [0.29, 0.717) is 86.4 Å². The molecule has 46 nitrogen and oxygen atoms in total. The molecule has 0 bridgehead atoms. The highest BCUT2D eigenvalue weighted by Gasteiger charge is 2.54. The zero-order valence-corrected chi connectivity index (χ0v) is 65.1. The average Bonchev–Trinajstić information content (AvgIpc) is 1.41. The quantitative estimate of drug-likeness (QED) is 0.0230. The predicted octanol–water partition coefficient (Wildman–Crippen LogP) is 10.1. The standard InChI is InChI=1S/C39H30N8O15.C37H22BN7O16.ClH/c1-5-39(26-13-30-34-18(14-43(30)36(49)25(26)16-60-38(39)51)8-21-24(15-42(3)4)31(48)7-6-27(21)40-34)61-37(50)17(2)62-41-35-22-9-19(44(52)53)11-28(46(56)57)32(22)33-23(35)10-20(45(54)55)12-29(33)47(58)59;1-3-37(24-12-28-31-17(13-41(28)33(46)23(24)14-58-35(37)48)6-16-7-20(59-36(38)49)4-5-25(16)39-31)60-34(47)15(2)61-40-32-21-8-18(42(50)51)10-26(44(54)55)29(21)30-22(32)9-19(43(52)53)11-27(30)45(56)57;/h6-13,17,48H,5,14-16H2,1-4H3;4-12,15H,3,13-14H2,1-2H3;1H/t17-,39+;15-,37+;/m11./s1. The number of cyclic esters (lactones) is 2. The molecule has 0 fully saturated rings. The summed E-state index contributed by atoms with van der Waals surface area (Å²) in [6.45, 7) is 4.86. The summed E-state index contributed by atoms with van der Waals surface area (Å²) in [6, 6.07) is 19.8. The molecule has 0 amide bonds. The third kappa shape index (κ3) is 13.8. The molecular formula is C76H53BClN15O31. The van der Waals surface area contributed by atoms with Crippen molar-refractivity contribution >= 4 is 129 Å². The van der Waals surface area contributed by atoms with Gasteiger partial charge in [-0.05, 0) is 95.4 Å². The number of hydrogen-bond donors (Lipinski definition) is 1. The Hall–Kier alpha value is -16.4. The zero-order valence-electron chi connectivity index (χ0n) is 64.3. The molecule has 1 N–H and O–H groups in total.